The lowest BCUT2D eigenvalue weighted by Gasteiger charge is -2.31. The van der Waals surface area contributed by atoms with Crippen molar-refractivity contribution < 1.29 is 5.48 Å². The summed E-state index contributed by atoms with van der Waals surface area (Å²) in [4.78, 5) is 7.06. The fourth-order valence-corrected chi connectivity index (χ4v) is 3.36. The van der Waals surface area contributed by atoms with Crippen LogP contribution in [0.15, 0.2) is 24.3 Å². The lowest BCUT2D eigenvalue weighted by Crippen LogP contribution is -2.41. The lowest BCUT2D eigenvalue weighted by molar-refractivity contribution is 0.443. The molecular weight excluding hydrogens is 406 g/mol. The van der Waals surface area contributed by atoms with E-state index in [1.807, 2.05) is 0 Å². The quantitative estimate of drug-likeness (QED) is 0.802. The minimum Gasteiger partial charge on any atom is -0.412 e. The minimum atomic E-state index is 0. The molecule has 0 unspecified atom stereocenters. The average Bonchev–Trinajstić information content (AvgIpc) is 2.82. The van der Waals surface area contributed by atoms with Crippen molar-refractivity contribution in [2.24, 2.45) is 0 Å². The maximum atomic E-state index is 4.71. The van der Waals surface area contributed by atoms with E-state index in [0.29, 0.717) is 6.04 Å². The second-order valence-electron chi connectivity index (χ2n) is 4.56. The van der Waals surface area contributed by atoms with E-state index in [9.17, 15) is 0 Å². The number of fused-ring (bicyclic) bond motifs is 1. The number of hydrogen-bond acceptors (Lipinski definition) is 4. The van der Waals surface area contributed by atoms with Crippen LogP contribution in [0.4, 0.5) is 5.13 Å². The van der Waals surface area contributed by atoms with Gasteiger partial charge in [-0.3, -0.25) is 0 Å². The lowest BCUT2D eigenvalue weighted by atomic mass is 10.1. The normalized spacial score (nSPS) is 14.8. The highest BCUT2D eigenvalue weighted by Gasteiger charge is 2.20. The van der Waals surface area contributed by atoms with E-state index in [1.54, 1.807) is 11.3 Å². The number of aromatic nitrogens is 1. The van der Waals surface area contributed by atoms with Gasteiger partial charge in [-0.1, -0.05) is 23.5 Å². The minimum absolute atomic E-state index is 0. The Morgan fingerprint density at radius 1 is 1.20 bits per heavy atom. The Bertz CT molecular complexity index is 484. The van der Waals surface area contributed by atoms with E-state index in [2.05, 4.69) is 41.5 Å². The van der Waals surface area contributed by atoms with Gasteiger partial charge < -0.3 is 15.7 Å². The maximum Gasteiger partial charge on any atom is 0.186 e. The van der Waals surface area contributed by atoms with E-state index >= 15 is 0 Å². The van der Waals surface area contributed by atoms with Gasteiger partial charge in [-0.2, -0.15) is 0 Å². The standard InChI is InChI=1S/C13H17N3S.2BrH.H2O/c1-16(10-6-8-14-9-7-10)13-15-11-4-2-3-5-12(11)17-13;;;/h2-5,10,14H,6-9H2,1H3;2*1H;1H2. The summed E-state index contributed by atoms with van der Waals surface area (Å²) in [6, 6.07) is 9.00. The number of thiazole rings is 1. The zero-order valence-electron chi connectivity index (χ0n) is 11.3. The molecule has 7 heteroatoms. The van der Waals surface area contributed by atoms with Crippen LogP contribution in [0.3, 0.4) is 0 Å². The molecule has 0 amide bonds. The Morgan fingerprint density at radius 3 is 2.50 bits per heavy atom. The summed E-state index contributed by atoms with van der Waals surface area (Å²) in [6.45, 7) is 2.25. The Hall–Kier alpha value is -0.210. The molecule has 1 fully saturated rings. The summed E-state index contributed by atoms with van der Waals surface area (Å²) in [5.41, 5.74) is 1.12. The number of piperidine rings is 1. The molecule has 0 radical (unpaired) electrons. The van der Waals surface area contributed by atoms with Gasteiger partial charge in [0.05, 0.1) is 10.2 Å². The number of hydrogen-bond donors (Lipinski definition) is 1. The van der Waals surface area contributed by atoms with Crippen LogP contribution < -0.4 is 10.2 Å². The summed E-state index contributed by atoms with van der Waals surface area (Å²) in [5.74, 6) is 0. The molecule has 0 spiro atoms. The van der Waals surface area contributed by atoms with Crippen molar-refractivity contribution in [2.75, 3.05) is 25.0 Å². The van der Waals surface area contributed by atoms with Crippen LogP contribution in [0.5, 0.6) is 0 Å². The summed E-state index contributed by atoms with van der Waals surface area (Å²) in [5, 5.41) is 4.55. The van der Waals surface area contributed by atoms with E-state index in [0.717, 1.165) is 23.7 Å². The zero-order valence-corrected chi connectivity index (χ0v) is 15.6. The third-order valence-electron chi connectivity index (χ3n) is 3.44. The topological polar surface area (TPSA) is 59.7 Å². The fourth-order valence-electron chi connectivity index (χ4n) is 2.36. The third kappa shape index (κ3) is 4.14. The second-order valence-corrected chi connectivity index (χ2v) is 5.57. The number of nitrogens with one attached hydrogen (secondary N) is 1. The van der Waals surface area contributed by atoms with Crippen molar-refractivity contribution in [3.05, 3.63) is 24.3 Å². The summed E-state index contributed by atoms with van der Waals surface area (Å²) >= 11 is 1.79. The molecule has 3 rings (SSSR count). The first-order valence-corrected chi connectivity index (χ1v) is 6.95. The highest BCUT2D eigenvalue weighted by atomic mass is 79.9. The zero-order chi connectivity index (χ0) is 11.7. The molecule has 2 aromatic rings. The van der Waals surface area contributed by atoms with Gasteiger partial charge in [-0.15, -0.1) is 34.0 Å². The smallest absolute Gasteiger partial charge is 0.186 e. The average molecular weight is 427 g/mol. The van der Waals surface area contributed by atoms with Gasteiger partial charge in [-0.25, -0.2) is 4.98 Å². The SMILES string of the molecule is Br.Br.CN(c1nc2ccccc2s1)C1CCNCC1.O. The van der Waals surface area contributed by atoms with Gasteiger partial charge in [0.2, 0.25) is 0 Å². The first-order valence-electron chi connectivity index (χ1n) is 6.14. The summed E-state index contributed by atoms with van der Waals surface area (Å²) in [6.07, 6.45) is 2.43. The molecule has 0 saturated carbocycles. The van der Waals surface area contributed by atoms with E-state index in [1.165, 1.54) is 17.5 Å². The third-order valence-corrected chi connectivity index (χ3v) is 4.57. The van der Waals surface area contributed by atoms with Crippen LogP contribution in [-0.4, -0.2) is 36.6 Å². The fraction of sp³-hybridized carbons (Fsp3) is 0.462. The Labute approximate surface area is 144 Å². The number of anilines is 1. The van der Waals surface area contributed by atoms with Crippen molar-refractivity contribution in [1.82, 2.24) is 10.3 Å². The molecule has 0 bridgehead atoms. The number of rotatable bonds is 2. The second kappa shape index (κ2) is 8.94. The van der Waals surface area contributed by atoms with Gasteiger partial charge in [0.1, 0.15) is 0 Å². The summed E-state index contributed by atoms with van der Waals surface area (Å²) in [7, 11) is 2.17. The summed E-state index contributed by atoms with van der Waals surface area (Å²) < 4.78 is 1.28. The molecule has 2 heterocycles. The molecule has 1 saturated heterocycles. The van der Waals surface area contributed by atoms with Crippen LogP contribution in [-0.2, 0) is 0 Å². The van der Waals surface area contributed by atoms with Crippen molar-refractivity contribution in [2.45, 2.75) is 18.9 Å². The monoisotopic (exact) mass is 425 g/mol. The Morgan fingerprint density at radius 2 is 1.85 bits per heavy atom. The van der Waals surface area contributed by atoms with E-state index < -0.39 is 0 Å². The number of para-hydroxylation sites is 1. The van der Waals surface area contributed by atoms with Crippen molar-refractivity contribution in [3.8, 4) is 0 Å². The van der Waals surface area contributed by atoms with E-state index in [-0.39, 0.29) is 39.4 Å². The molecule has 3 N–H and O–H groups in total. The maximum absolute atomic E-state index is 4.71. The van der Waals surface area contributed by atoms with Gasteiger partial charge in [-0.05, 0) is 38.1 Å². The number of benzene rings is 1. The number of nitrogens with zero attached hydrogens (tertiary/aromatic N) is 2. The van der Waals surface area contributed by atoms with Gasteiger partial charge in [0, 0.05) is 13.1 Å². The molecule has 1 aliphatic heterocycles. The van der Waals surface area contributed by atoms with Crippen LogP contribution in [0, 0.1) is 0 Å². The molecule has 1 aromatic carbocycles. The number of halogens is 2. The molecule has 1 aromatic heterocycles. The predicted octanol–water partition coefficient (Wildman–Crippen LogP) is 2.82. The largest absolute Gasteiger partial charge is 0.412 e. The molecule has 1 aliphatic rings. The Balaban J connectivity index is 0.00000120. The van der Waals surface area contributed by atoms with Gasteiger partial charge in [0.25, 0.3) is 0 Å². The highest BCUT2D eigenvalue weighted by Crippen LogP contribution is 2.30. The van der Waals surface area contributed by atoms with Gasteiger partial charge in [0.15, 0.2) is 5.13 Å². The van der Waals surface area contributed by atoms with Crippen LogP contribution in [0.2, 0.25) is 0 Å². The molecule has 0 aliphatic carbocycles. The molecule has 4 nitrogen and oxygen atoms in total. The molecule has 20 heavy (non-hydrogen) atoms. The van der Waals surface area contributed by atoms with Crippen molar-refractivity contribution >= 4 is 60.6 Å². The van der Waals surface area contributed by atoms with E-state index in [4.69, 9.17) is 4.98 Å². The first kappa shape index (κ1) is 19.8. The predicted molar refractivity (Wildman–Crippen MR) is 98.2 cm³/mol. The molecule has 0 atom stereocenters. The van der Waals surface area contributed by atoms with Crippen LogP contribution in [0.25, 0.3) is 10.2 Å². The van der Waals surface area contributed by atoms with Crippen LogP contribution >= 0.6 is 45.3 Å². The van der Waals surface area contributed by atoms with Crippen LogP contribution in [0.1, 0.15) is 12.8 Å². The van der Waals surface area contributed by atoms with Gasteiger partial charge >= 0.3 is 0 Å². The molecule has 114 valence electrons. The Kier molecular flexibility index (Phi) is 8.85. The van der Waals surface area contributed by atoms with Crippen molar-refractivity contribution in [3.63, 3.8) is 0 Å². The highest BCUT2D eigenvalue weighted by molar-refractivity contribution is 8.93. The molecular formula is C13H21Br2N3OS. The van der Waals surface area contributed by atoms with Crippen molar-refractivity contribution in [1.29, 1.82) is 0 Å². The first-order chi connectivity index (χ1) is 8.34.